The molecule has 24 heavy (non-hydrogen) atoms. The van der Waals surface area contributed by atoms with Gasteiger partial charge in [0.2, 0.25) is 5.82 Å². The molecule has 0 saturated carbocycles. The quantitative estimate of drug-likeness (QED) is 0.616. The molecule has 0 amide bonds. The molecule has 3 rings (SSSR count). The largest absolute Gasteiger partial charge is 0.486 e. The zero-order valence-electron chi connectivity index (χ0n) is 12.7. The summed E-state index contributed by atoms with van der Waals surface area (Å²) >= 11 is 0. The Labute approximate surface area is 138 Å². The lowest BCUT2D eigenvalue weighted by Crippen LogP contribution is -2.00. The second-order valence-corrected chi connectivity index (χ2v) is 5.25. The lowest BCUT2D eigenvalue weighted by molar-refractivity contribution is 0.112. The summed E-state index contributed by atoms with van der Waals surface area (Å²) in [6.07, 6.45) is 0.696. The van der Waals surface area contributed by atoms with E-state index in [1.165, 1.54) is 12.1 Å². The highest BCUT2D eigenvalue weighted by Crippen LogP contribution is 2.30. The second-order valence-electron chi connectivity index (χ2n) is 5.25. The van der Waals surface area contributed by atoms with Gasteiger partial charge in [0.15, 0.2) is 11.6 Å². The van der Waals surface area contributed by atoms with E-state index in [1.807, 2.05) is 30.3 Å². The summed E-state index contributed by atoms with van der Waals surface area (Å²) in [5.74, 6) is -2.13. The number of halogens is 2. The fourth-order valence-corrected chi connectivity index (χ4v) is 2.34. The molecular weight excluding hydrogens is 310 g/mol. The van der Waals surface area contributed by atoms with E-state index in [-0.39, 0.29) is 17.9 Å². The van der Waals surface area contributed by atoms with Gasteiger partial charge in [0.05, 0.1) is 0 Å². The molecule has 0 fully saturated rings. The van der Waals surface area contributed by atoms with Crippen LogP contribution in [0, 0.1) is 11.6 Å². The van der Waals surface area contributed by atoms with Crippen molar-refractivity contribution in [1.82, 2.24) is 0 Å². The molecule has 0 atom stereocenters. The number of benzene rings is 3. The van der Waals surface area contributed by atoms with Gasteiger partial charge in [0.25, 0.3) is 0 Å². The Kier molecular flexibility index (Phi) is 4.66. The monoisotopic (exact) mass is 324 g/mol. The van der Waals surface area contributed by atoms with Gasteiger partial charge in [-0.15, -0.1) is 0 Å². The Bertz CT molecular complexity index is 844. The predicted molar refractivity (Wildman–Crippen MR) is 88.0 cm³/mol. The predicted octanol–water partition coefficient (Wildman–Crippen LogP) is 5.02. The minimum atomic E-state index is -1.03. The van der Waals surface area contributed by atoms with Crippen molar-refractivity contribution >= 4 is 6.29 Å². The van der Waals surface area contributed by atoms with Crippen LogP contribution in [-0.2, 0) is 6.61 Å². The molecule has 120 valence electrons. The Morgan fingerprint density at radius 2 is 1.54 bits per heavy atom. The van der Waals surface area contributed by atoms with Gasteiger partial charge in [-0.25, -0.2) is 4.39 Å². The SMILES string of the molecule is O=Cc1ccc(-c2ccc(OCc3ccccc3)c(F)c2F)cc1. The zero-order chi connectivity index (χ0) is 16.9. The topological polar surface area (TPSA) is 26.3 Å². The third-order valence-corrected chi connectivity index (χ3v) is 3.64. The first-order valence-corrected chi connectivity index (χ1v) is 7.39. The van der Waals surface area contributed by atoms with E-state index in [4.69, 9.17) is 4.74 Å². The molecular formula is C20H14F2O2. The number of ether oxygens (including phenoxy) is 1. The Balaban J connectivity index is 1.84. The number of hydrogen-bond donors (Lipinski definition) is 0. The van der Waals surface area contributed by atoms with Gasteiger partial charge in [-0.2, -0.15) is 4.39 Å². The molecule has 0 aliphatic rings. The van der Waals surface area contributed by atoms with E-state index in [2.05, 4.69) is 0 Å². The van der Waals surface area contributed by atoms with Crippen molar-refractivity contribution in [2.24, 2.45) is 0 Å². The van der Waals surface area contributed by atoms with Crippen LogP contribution in [0.25, 0.3) is 11.1 Å². The van der Waals surface area contributed by atoms with E-state index in [1.54, 1.807) is 24.3 Å². The number of hydrogen-bond acceptors (Lipinski definition) is 2. The van der Waals surface area contributed by atoms with E-state index in [0.29, 0.717) is 17.4 Å². The van der Waals surface area contributed by atoms with Gasteiger partial charge in [0, 0.05) is 11.1 Å². The van der Waals surface area contributed by atoms with Crippen molar-refractivity contribution in [2.45, 2.75) is 6.61 Å². The number of rotatable bonds is 5. The average Bonchev–Trinajstić information content (AvgIpc) is 2.64. The molecule has 0 bridgehead atoms. The molecule has 0 aliphatic carbocycles. The third kappa shape index (κ3) is 3.33. The van der Waals surface area contributed by atoms with Crippen molar-refractivity contribution in [3.63, 3.8) is 0 Å². The average molecular weight is 324 g/mol. The molecule has 3 aromatic carbocycles. The molecule has 0 radical (unpaired) electrons. The maximum atomic E-state index is 14.3. The van der Waals surface area contributed by atoms with Crippen molar-refractivity contribution in [3.8, 4) is 16.9 Å². The van der Waals surface area contributed by atoms with Gasteiger partial charge in [-0.1, -0.05) is 54.6 Å². The highest BCUT2D eigenvalue weighted by atomic mass is 19.2. The van der Waals surface area contributed by atoms with Crippen LogP contribution < -0.4 is 4.74 Å². The minimum absolute atomic E-state index is 0.122. The maximum absolute atomic E-state index is 14.3. The van der Waals surface area contributed by atoms with Crippen LogP contribution in [0.3, 0.4) is 0 Å². The molecule has 0 spiro atoms. The minimum Gasteiger partial charge on any atom is -0.486 e. The second kappa shape index (κ2) is 7.04. The molecule has 0 aromatic heterocycles. The van der Waals surface area contributed by atoms with Crippen molar-refractivity contribution in [3.05, 3.63) is 89.5 Å². The van der Waals surface area contributed by atoms with Crippen molar-refractivity contribution in [2.75, 3.05) is 0 Å². The summed E-state index contributed by atoms with van der Waals surface area (Å²) < 4.78 is 33.9. The zero-order valence-corrected chi connectivity index (χ0v) is 12.7. The number of carbonyl (C=O) groups excluding carboxylic acids is 1. The molecule has 0 heterocycles. The lowest BCUT2D eigenvalue weighted by Gasteiger charge is -2.11. The summed E-state index contributed by atoms with van der Waals surface area (Å²) in [5.41, 5.74) is 1.96. The smallest absolute Gasteiger partial charge is 0.201 e. The van der Waals surface area contributed by atoms with Crippen molar-refractivity contribution in [1.29, 1.82) is 0 Å². The Hall–Kier alpha value is -3.01. The van der Waals surface area contributed by atoms with Crippen LogP contribution in [0.4, 0.5) is 8.78 Å². The normalized spacial score (nSPS) is 10.4. The molecule has 0 unspecified atom stereocenters. The Morgan fingerprint density at radius 1 is 0.833 bits per heavy atom. The molecule has 2 nitrogen and oxygen atoms in total. The summed E-state index contributed by atoms with van der Waals surface area (Å²) in [5, 5.41) is 0. The van der Waals surface area contributed by atoms with Gasteiger partial charge in [-0.3, -0.25) is 4.79 Å². The van der Waals surface area contributed by atoms with Crippen LogP contribution in [0.1, 0.15) is 15.9 Å². The lowest BCUT2D eigenvalue weighted by atomic mass is 10.0. The van der Waals surface area contributed by atoms with Crippen LogP contribution in [0.5, 0.6) is 5.75 Å². The summed E-state index contributed by atoms with van der Waals surface area (Å²) in [6.45, 7) is 0.157. The van der Waals surface area contributed by atoms with Gasteiger partial charge >= 0.3 is 0 Å². The van der Waals surface area contributed by atoms with Crippen LogP contribution in [0.15, 0.2) is 66.7 Å². The fraction of sp³-hybridized carbons (Fsp3) is 0.0500. The standard InChI is InChI=1S/C20H14F2O2/c21-19-17(16-8-6-14(12-23)7-9-16)10-11-18(20(19)22)24-13-15-4-2-1-3-5-15/h1-12H,13H2. The summed E-state index contributed by atoms with van der Waals surface area (Å²) in [6, 6.07) is 18.4. The van der Waals surface area contributed by atoms with Crippen LogP contribution in [0.2, 0.25) is 0 Å². The van der Waals surface area contributed by atoms with Crippen molar-refractivity contribution < 1.29 is 18.3 Å². The van der Waals surface area contributed by atoms with E-state index < -0.39 is 11.6 Å². The molecule has 3 aromatic rings. The van der Waals surface area contributed by atoms with E-state index >= 15 is 0 Å². The third-order valence-electron chi connectivity index (χ3n) is 3.64. The van der Waals surface area contributed by atoms with Gasteiger partial charge in [-0.05, 0) is 23.3 Å². The molecule has 0 saturated heterocycles. The maximum Gasteiger partial charge on any atom is 0.201 e. The molecule has 0 N–H and O–H groups in total. The first-order chi connectivity index (χ1) is 11.7. The van der Waals surface area contributed by atoms with E-state index in [9.17, 15) is 13.6 Å². The Morgan fingerprint density at radius 3 is 2.21 bits per heavy atom. The highest BCUT2D eigenvalue weighted by Gasteiger charge is 2.16. The van der Waals surface area contributed by atoms with Crippen LogP contribution >= 0.6 is 0 Å². The fourth-order valence-electron chi connectivity index (χ4n) is 2.34. The molecule has 0 aliphatic heterocycles. The number of carbonyl (C=O) groups is 1. The number of aldehydes is 1. The summed E-state index contributed by atoms with van der Waals surface area (Å²) in [7, 11) is 0. The first kappa shape index (κ1) is 15.9. The van der Waals surface area contributed by atoms with Crippen LogP contribution in [-0.4, -0.2) is 6.29 Å². The van der Waals surface area contributed by atoms with E-state index in [0.717, 1.165) is 5.56 Å². The first-order valence-electron chi connectivity index (χ1n) is 7.39. The van der Waals surface area contributed by atoms with Gasteiger partial charge < -0.3 is 4.74 Å². The molecule has 4 heteroatoms. The van der Waals surface area contributed by atoms with Gasteiger partial charge in [0.1, 0.15) is 12.9 Å². The highest BCUT2D eigenvalue weighted by molar-refractivity contribution is 5.77. The summed E-state index contributed by atoms with van der Waals surface area (Å²) in [4.78, 5) is 10.7.